The number of aromatic amines is 1. The summed E-state index contributed by atoms with van der Waals surface area (Å²) in [5.41, 5.74) is 2.60. The molecule has 0 aliphatic heterocycles. The maximum atomic E-state index is 12.4. The Morgan fingerprint density at radius 2 is 1.76 bits per heavy atom. The second kappa shape index (κ2) is 6.06. The SMILES string of the molecule is N#Cc1c(-c2cccnc2)cc(-c2ccc3ccccc3c2)[nH]c1=O. The Hall–Kier alpha value is -3.71. The van der Waals surface area contributed by atoms with E-state index in [0.717, 1.165) is 21.9 Å². The molecule has 0 radical (unpaired) electrons. The van der Waals surface area contributed by atoms with Crippen LogP contribution in [0.4, 0.5) is 0 Å². The maximum Gasteiger partial charge on any atom is 0.266 e. The fraction of sp³-hybridized carbons (Fsp3) is 0. The van der Waals surface area contributed by atoms with Crippen LogP contribution in [0.15, 0.2) is 77.9 Å². The predicted molar refractivity (Wildman–Crippen MR) is 98.0 cm³/mol. The van der Waals surface area contributed by atoms with Gasteiger partial charge in [0.25, 0.3) is 5.56 Å². The van der Waals surface area contributed by atoms with Gasteiger partial charge in [-0.3, -0.25) is 9.78 Å². The lowest BCUT2D eigenvalue weighted by molar-refractivity contribution is 1.21. The lowest BCUT2D eigenvalue weighted by Gasteiger charge is -2.08. The molecule has 2 heterocycles. The zero-order valence-corrected chi connectivity index (χ0v) is 13.2. The number of fused-ring (bicyclic) bond motifs is 1. The highest BCUT2D eigenvalue weighted by molar-refractivity contribution is 5.87. The van der Waals surface area contributed by atoms with Crippen molar-refractivity contribution < 1.29 is 0 Å². The summed E-state index contributed by atoms with van der Waals surface area (Å²) in [5.74, 6) is 0. The highest BCUT2D eigenvalue weighted by atomic mass is 16.1. The van der Waals surface area contributed by atoms with Crippen molar-refractivity contribution in [3.8, 4) is 28.5 Å². The van der Waals surface area contributed by atoms with Gasteiger partial charge in [-0.05, 0) is 34.5 Å². The number of H-pyrrole nitrogens is 1. The first-order chi connectivity index (χ1) is 12.3. The van der Waals surface area contributed by atoms with Crippen LogP contribution in [-0.2, 0) is 0 Å². The average molecular weight is 323 g/mol. The third kappa shape index (κ3) is 2.68. The summed E-state index contributed by atoms with van der Waals surface area (Å²) >= 11 is 0. The van der Waals surface area contributed by atoms with Gasteiger partial charge in [0.1, 0.15) is 11.6 Å². The van der Waals surface area contributed by atoms with E-state index in [2.05, 4.69) is 9.97 Å². The molecule has 0 spiro atoms. The Balaban J connectivity index is 1.95. The molecule has 0 atom stereocenters. The fourth-order valence-corrected chi connectivity index (χ4v) is 2.93. The summed E-state index contributed by atoms with van der Waals surface area (Å²) in [5, 5.41) is 11.6. The molecule has 4 heteroatoms. The molecule has 2 aromatic heterocycles. The van der Waals surface area contributed by atoms with E-state index in [0.29, 0.717) is 11.3 Å². The van der Waals surface area contributed by atoms with Crippen molar-refractivity contribution in [2.24, 2.45) is 0 Å². The molecule has 4 nitrogen and oxygen atoms in total. The van der Waals surface area contributed by atoms with Crippen molar-refractivity contribution in [1.29, 1.82) is 5.26 Å². The van der Waals surface area contributed by atoms with Crippen LogP contribution in [0.1, 0.15) is 5.56 Å². The second-order valence-corrected chi connectivity index (χ2v) is 5.72. The number of pyridine rings is 2. The minimum Gasteiger partial charge on any atom is -0.321 e. The van der Waals surface area contributed by atoms with Crippen LogP contribution in [0.2, 0.25) is 0 Å². The summed E-state index contributed by atoms with van der Waals surface area (Å²) in [4.78, 5) is 19.3. The number of hydrogen-bond donors (Lipinski definition) is 1. The summed E-state index contributed by atoms with van der Waals surface area (Å²) in [6.07, 6.45) is 3.31. The van der Waals surface area contributed by atoms with Crippen LogP contribution in [0.3, 0.4) is 0 Å². The highest BCUT2D eigenvalue weighted by Gasteiger charge is 2.12. The number of benzene rings is 2. The van der Waals surface area contributed by atoms with Crippen molar-refractivity contribution >= 4 is 10.8 Å². The van der Waals surface area contributed by atoms with Crippen LogP contribution in [0.5, 0.6) is 0 Å². The standard InChI is InChI=1S/C21H13N3O/c22-12-19-18(17-6-3-9-23-13-17)11-20(24-21(19)25)16-8-7-14-4-1-2-5-15(14)10-16/h1-11,13H,(H,24,25). The summed E-state index contributed by atoms with van der Waals surface area (Å²) in [7, 11) is 0. The van der Waals surface area contributed by atoms with E-state index in [1.54, 1.807) is 18.5 Å². The minimum atomic E-state index is -0.396. The van der Waals surface area contributed by atoms with Gasteiger partial charge < -0.3 is 4.98 Å². The van der Waals surface area contributed by atoms with Crippen LogP contribution in [0, 0.1) is 11.3 Å². The molecule has 0 aliphatic carbocycles. The first kappa shape index (κ1) is 14.9. The first-order valence-corrected chi connectivity index (χ1v) is 7.83. The number of hydrogen-bond acceptors (Lipinski definition) is 3. The molecule has 0 amide bonds. The van der Waals surface area contributed by atoms with E-state index in [1.165, 1.54) is 0 Å². The van der Waals surface area contributed by atoms with Gasteiger partial charge in [-0.25, -0.2) is 0 Å². The molecule has 25 heavy (non-hydrogen) atoms. The van der Waals surface area contributed by atoms with Crippen molar-refractivity contribution in [2.45, 2.75) is 0 Å². The molecular weight excluding hydrogens is 310 g/mol. The van der Waals surface area contributed by atoms with Gasteiger partial charge in [0.15, 0.2) is 0 Å². The number of nitrogens with one attached hydrogen (secondary N) is 1. The Morgan fingerprint density at radius 1 is 0.920 bits per heavy atom. The average Bonchev–Trinajstić information content (AvgIpc) is 2.67. The monoisotopic (exact) mass is 323 g/mol. The molecule has 0 aliphatic rings. The zero-order chi connectivity index (χ0) is 17.2. The Bertz CT molecular complexity index is 1170. The topological polar surface area (TPSA) is 69.5 Å². The molecule has 0 unspecified atom stereocenters. The van der Waals surface area contributed by atoms with Gasteiger partial charge in [0.05, 0.1) is 0 Å². The molecule has 0 saturated carbocycles. The van der Waals surface area contributed by atoms with Gasteiger partial charge in [-0.1, -0.05) is 42.5 Å². The van der Waals surface area contributed by atoms with Crippen molar-refractivity contribution in [1.82, 2.24) is 9.97 Å². The smallest absolute Gasteiger partial charge is 0.266 e. The first-order valence-electron chi connectivity index (χ1n) is 7.83. The normalized spacial score (nSPS) is 10.5. The van der Waals surface area contributed by atoms with E-state index >= 15 is 0 Å². The summed E-state index contributed by atoms with van der Waals surface area (Å²) in [6, 6.07) is 21.5. The minimum absolute atomic E-state index is 0.0949. The Labute approximate surface area is 144 Å². The van der Waals surface area contributed by atoms with Crippen LogP contribution >= 0.6 is 0 Å². The predicted octanol–water partition coefficient (Wildman–Crippen LogP) is 4.13. The van der Waals surface area contributed by atoms with Crippen molar-refractivity contribution in [3.63, 3.8) is 0 Å². The number of nitriles is 1. The van der Waals surface area contributed by atoms with Gasteiger partial charge >= 0.3 is 0 Å². The van der Waals surface area contributed by atoms with Crippen LogP contribution in [-0.4, -0.2) is 9.97 Å². The maximum absolute atomic E-state index is 12.4. The third-order valence-corrected chi connectivity index (χ3v) is 4.18. The van der Waals surface area contributed by atoms with E-state index in [-0.39, 0.29) is 5.56 Å². The highest BCUT2D eigenvalue weighted by Crippen LogP contribution is 2.27. The number of aromatic nitrogens is 2. The molecule has 4 rings (SSSR count). The van der Waals surface area contributed by atoms with Gasteiger partial charge in [0, 0.05) is 29.2 Å². The van der Waals surface area contributed by atoms with Gasteiger partial charge in [-0.2, -0.15) is 5.26 Å². The number of rotatable bonds is 2. The zero-order valence-electron chi connectivity index (χ0n) is 13.2. The van der Waals surface area contributed by atoms with E-state index in [1.807, 2.05) is 60.7 Å². The molecule has 1 N–H and O–H groups in total. The third-order valence-electron chi connectivity index (χ3n) is 4.18. The van der Waals surface area contributed by atoms with Crippen LogP contribution < -0.4 is 5.56 Å². The molecule has 2 aromatic carbocycles. The van der Waals surface area contributed by atoms with E-state index in [4.69, 9.17) is 0 Å². The van der Waals surface area contributed by atoms with Crippen LogP contribution in [0.25, 0.3) is 33.2 Å². The largest absolute Gasteiger partial charge is 0.321 e. The van der Waals surface area contributed by atoms with Crippen molar-refractivity contribution in [2.75, 3.05) is 0 Å². The molecule has 0 fully saturated rings. The number of nitrogens with zero attached hydrogens (tertiary/aromatic N) is 2. The summed E-state index contributed by atoms with van der Waals surface area (Å²) in [6.45, 7) is 0. The quantitative estimate of drug-likeness (QED) is 0.603. The lowest BCUT2D eigenvalue weighted by atomic mass is 9.99. The Morgan fingerprint density at radius 3 is 2.52 bits per heavy atom. The Kier molecular flexibility index (Phi) is 3.60. The summed E-state index contributed by atoms with van der Waals surface area (Å²) < 4.78 is 0. The van der Waals surface area contributed by atoms with Gasteiger partial charge in [0.2, 0.25) is 0 Å². The van der Waals surface area contributed by atoms with E-state index in [9.17, 15) is 10.1 Å². The fourth-order valence-electron chi connectivity index (χ4n) is 2.93. The lowest BCUT2D eigenvalue weighted by Crippen LogP contribution is -2.12. The van der Waals surface area contributed by atoms with Gasteiger partial charge in [-0.15, -0.1) is 0 Å². The second-order valence-electron chi connectivity index (χ2n) is 5.72. The van der Waals surface area contributed by atoms with E-state index < -0.39 is 5.56 Å². The molecular formula is C21H13N3O. The molecule has 0 bridgehead atoms. The van der Waals surface area contributed by atoms with Crippen molar-refractivity contribution in [3.05, 3.63) is 89.0 Å². The molecule has 4 aromatic rings. The molecule has 118 valence electrons. The molecule has 0 saturated heterocycles.